The van der Waals surface area contributed by atoms with E-state index >= 15 is 0 Å². The van der Waals surface area contributed by atoms with Crippen molar-refractivity contribution in [1.29, 1.82) is 0 Å². The van der Waals surface area contributed by atoms with Crippen LogP contribution in [0.3, 0.4) is 0 Å². The van der Waals surface area contributed by atoms with E-state index in [9.17, 15) is 19.8 Å². The molecule has 1 unspecified atom stereocenters. The van der Waals surface area contributed by atoms with Gasteiger partial charge in [0.1, 0.15) is 28.8 Å². The molecule has 1 fully saturated rings. The molecule has 202 valence electrons. The van der Waals surface area contributed by atoms with Gasteiger partial charge in [-0.2, -0.15) is 0 Å². The second-order valence-electron chi connectivity index (χ2n) is 9.76. The van der Waals surface area contributed by atoms with Crippen LogP contribution < -0.4 is 14.4 Å². The summed E-state index contributed by atoms with van der Waals surface area (Å²) in [7, 11) is 1.57. The van der Waals surface area contributed by atoms with Gasteiger partial charge in [-0.15, -0.1) is 0 Å². The number of anilines is 1. The number of para-hydroxylation sites is 3. The van der Waals surface area contributed by atoms with Gasteiger partial charge in [-0.25, -0.2) is 0 Å². The van der Waals surface area contributed by atoms with E-state index in [4.69, 9.17) is 9.47 Å². The SMILES string of the molecule is COc1ccc(/C(O)=C2\C(=O)C(=O)N(c3ccccc3O)C2c2cccc(Oc3ccccc3)c2)cc1C(C)C. The molecule has 1 aliphatic rings. The van der Waals surface area contributed by atoms with Crippen molar-refractivity contribution >= 4 is 23.1 Å². The molecule has 2 N–H and O–H groups in total. The molecular formula is C33H29NO6. The molecule has 4 aromatic rings. The molecule has 40 heavy (non-hydrogen) atoms. The first kappa shape index (κ1) is 26.6. The van der Waals surface area contributed by atoms with Gasteiger partial charge in [0.15, 0.2) is 0 Å². The van der Waals surface area contributed by atoms with Crippen LogP contribution in [0.25, 0.3) is 5.76 Å². The Balaban J connectivity index is 1.70. The van der Waals surface area contributed by atoms with Crippen LogP contribution in [0.1, 0.15) is 42.5 Å². The number of aromatic hydroxyl groups is 1. The largest absolute Gasteiger partial charge is 0.507 e. The van der Waals surface area contributed by atoms with Crippen LogP contribution in [0.2, 0.25) is 0 Å². The lowest BCUT2D eigenvalue weighted by Crippen LogP contribution is -2.29. The molecule has 1 saturated heterocycles. The number of ether oxygens (including phenoxy) is 2. The highest BCUT2D eigenvalue weighted by Gasteiger charge is 2.47. The number of rotatable bonds is 7. The van der Waals surface area contributed by atoms with Gasteiger partial charge in [0.2, 0.25) is 0 Å². The van der Waals surface area contributed by atoms with Crippen molar-refractivity contribution in [3.63, 3.8) is 0 Å². The fraction of sp³-hybridized carbons (Fsp3) is 0.152. The summed E-state index contributed by atoms with van der Waals surface area (Å²) in [5, 5.41) is 22.3. The zero-order valence-corrected chi connectivity index (χ0v) is 22.4. The Labute approximate surface area is 232 Å². The second kappa shape index (κ2) is 11.0. The van der Waals surface area contributed by atoms with Crippen LogP contribution in [0.5, 0.6) is 23.0 Å². The molecule has 1 aliphatic heterocycles. The lowest BCUT2D eigenvalue weighted by Gasteiger charge is -2.26. The molecule has 1 atom stereocenters. The van der Waals surface area contributed by atoms with Crippen molar-refractivity contribution in [2.75, 3.05) is 12.0 Å². The molecule has 7 nitrogen and oxygen atoms in total. The third-order valence-corrected chi connectivity index (χ3v) is 6.86. The number of aliphatic hydroxyl groups is 1. The Bertz CT molecular complexity index is 1610. The predicted molar refractivity (Wildman–Crippen MR) is 153 cm³/mol. The summed E-state index contributed by atoms with van der Waals surface area (Å²) < 4.78 is 11.5. The van der Waals surface area contributed by atoms with Gasteiger partial charge in [0.25, 0.3) is 11.7 Å². The van der Waals surface area contributed by atoms with E-state index < -0.39 is 17.7 Å². The summed E-state index contributed by atoms with van der Waals surface area (Å²) in [4.78, 5) is 28.3. The molecule has 0 bridgehead atoms. The quantitative estimate of drug-likeness (QED) is 0.151. The zero-order valence-electron chi connectivity index (χ0n) is 22.4. The van der Waals surface area contributed by atoms with Crippen molar-refractivity contribution in [2.24, 2.45) is 0 Å². The maximum absolute atomic E-state index is 13.6. The van der Waals surface area contributed by atoms with Crippen molar-refractivity contribution in [3.8, 4) is 23.0 Å². The van der Waals surface area contributed by atoms with Gasteiger partial charge in [-0.05, 0) is 71.6 Å². The van der Waals surface area contributed by atoms with E-state index in [-0.39, 0.29) is 28.7 Å². The monoisotopic (exact) mass is 535 g/mol. The van der Waals surface area contributed by atoms with Gasteiger partial charge in [0.05, 0.1) is 24.4 Å². The molecule has 0 aliphatic carbocycles. The Morgan fingerprint density at radius 1 is 0.850 bits per heavy atom. The number of methoxy groups -OCH3 is 1. The number of hydrogen-bond acceptors (Lipinski definition) is 6. The lowest BCUT2D eigenvalue weighted by atomic mass is 9.93. The molecule has 1 heterocycles. The maximum Gasteiger partial charge on any atom is 0.300 e. The third-order valence-electron chi connectivity index (χ3n) is 6.86. The second-order valence-corrected chi connectivity index (χ2v) is 9.76. The van der Waals surface area contributed by atoms with Crippen molar-refractivity contribution < 1.29 is 29.3 Å². The number of aliphatic hydroxyl groups excluding tert-OH is 1. The molecule has 1 amide bonds. The van der Waals surface area contributed by atoms with Gasteiger partial charge < -0.3 is 19.7 Å². The Morgan fingerprint density at radius 2 is 1.55 bits per heavy atom. The highest BCUT2D eigenvalue weighted by molar-refractivity contribution is 6.51. The van der Waals surface area contributed by atoms with E-state index in [1.165, 1.54) is 11.0 Å². The number of benzene rings is 4. The summed E-state index contributed by atoms with van der Waals surface area (Å²) >= 11 is 0. The fourth-order valence-corrected chi connectivity index (χ4v) is 4.93. The van der Waals surface area contributed by atoms with Gasteiger partial charge in [0, 0.05) is 5.56 Å². The zero-order chi connectivity index (χ0) is 28.4. The Morgan fingerprint density at radius 3 is 2.25 bits per heavy atom. The molecule has 0 spiro atoms. The molecular weight excluding hydrogens is 506 g/mol. The molecule has 7 heteroatoms. The van der Waals surface area contributed by atoms with E-state index in [1.807, 2.05) is 44.2 Å². The van der Waals surface area contributed by atoms with E-state index in [0.29, 0.717) is 28.4 Å². The minimum Gasteiger partial charge on any atom is -0.507 e. The summed E-state index contributed by atoms with van der Waals surface area (Å²) in [6, 6.07) is 26.6. The molecule has 4 aromatic carbocycles. The highest BCUT2D eigenvalue weighted by atomic mass is 16.5. The summed E-state index contributed by atoms with van der Waals surface area (Å²) in [5.41, 5.74) is 1.80. The molecule has 5 rings (SSSR count). The summed E-state index contributed by atoms with van der Waals surface area (Å²) in [5.74, 6) is -0.371. The number of phenolic OH excluding ortho intramolecular Hbond substituents is 1. The number of carbonyl (C=O) groups excluding carboxylic acids is 2. The van der Waals surface area contributed by atoms with Gasteiger partial charge >= 0.3 is 0 Å². The number of phenols is 1. The van der Waals surface area contributed by atoms with Crippen LogP contribution in [0.15, 0.2) is 103 Å². The molecule has 0 aromatic heterocycles. The third kappa shape index (κ3) is 4.89. The Hall–Kier alpha value is -5.04. The molecule has 0 radical (unpaired) electrons. The van der Waals surface area contributed by atoms with Crippen LogP contribution in [-0.4, -0.2) is 29.0 Å². The number of nitrogens with zero attached hydrogens (tertiary/aromatic N) is 1. The summed E-state index contributed by atoms with van der Waals surface area (Å²) in [6.45, 7) is 3.99. The average molecular weight is 536 g/mol. The first-order valence-corrected chi connectivity index (χ1v) is 12.9. The average Bonchev–Trinajstić information content (AvgIpc) is 3.23. The van der Waals surface area contributed by atoms with Gasteiger partial charge in [-0.3, -0.25) is 14.5 Å². The maximum atomic E-state index is 13.6. The summed E-state index contributed by atoms with van der Waals surface area (Å²) in [6.07, 6.45) is 0. The first-order chi connectivity index (χ1) is 19.3. The lowest BCUT2D eigenvalue weighted by molar-refractivity contribution is -0.132. The van der Waals surface area contributed by atoms with Gasteiger partial charge in [-0.1, -0.05) is 56.3 Å². The van der Waals surface area contributed by atoms with E-state index in [0.717, 1.165) is 5.56 Å². The fourth-order valence-electron chi connectivity index (χ4n) is 4.93. The van der Waals surface area contributed by atoms with Crippen LogP contribution >= 0.6 is 0 Å². The number of amides is 1. The minimum atomic E-state index is -1.03. The van der Waals surface area contributed by atoms with Crippen molar-refractivity contribution in [1.82, 2.24) is 0 Å². The normalized spacial score (nSPS) is 16.4. The number of hydrogen-bond donors (Lipinski definition) is 2. The predicted octanol–water partition coefficient (Wildman–Crippen LogP) is 6.94. The van der Waals surface area contributed by atoms with E-state index in [1.54, 1.807) is 67.8 Å². The minimum absolute atomic E-state index is 0.0778. The smallest absolute Gasteiger partial charge is 0.300 e. The van der Waals surface area contributed by atoms with Crippen LogP contribution in [-0.2, 0) is 9.59 Å². The highest BCUT2D eigenvalue weighted by Crippen LogP contribution is 2.45. The first-order valence-electron chi connectivity index (χ1n) is 12.9. The number of ketones is 1. The number of carbonyl (C=O) groups is 2. The Kier molecular flexibility index (Phi) is 7.29. The van der Waals surface area contributed by atoms with Crippen molar-refractivity contribution in [2.45, 2.75) is 25.8 Å². The van der Waals surface area contributed by atoms with E-state index in [2.05, 4.69) is 0 Å². The standard InChI is InChI=1S/C33H29NO6/c1-20(2)25-19-22(16-17-28(25)39-3)31(36)29-30(34(33(38)32(29)37)26-14-7-8-15-27(26)35)21-10-9-13-24(18-21)40-23-11-5-4-6-12-23/h4-20,30,35-36H,1-3H3/b31-29+. The topological polar surface area (TPSA) is 96.3 Å². The van der Waals surface area contributed by atoms with Crippen molar-refractivity contribution in [3.05, 3.63) is 119 Å². The molecule has 0 saturated carbocycles. The van der Waals surface area contributed by atoms with Crippen LogP contribution in [0.4, 0.5) is 5.69 Å². The van der Waals surface area contributed by atoms with Crippen LogP contribution in [0, 0.1) is 0 Å². The number of Topliss-reactive ketones (excluding diaryl/α,β-unsaturated/α-hetero) is 1.